The number of rotatable bonds is 3. The van der Waals surface area contributed by atoms with Gasteiger partial charge >= 0.3 is 0 Å². The van der Waals surface area contributed by atoms with E-state index in [0.717, 1.165) is 39.2 Å². The van der Waals surface area contributed by atoms with E-state index in [-0.39, 0.29) is 5.91 Å². The molecule has 0 aliphatic heterocycles. The maximum atomic E-state index is 12.4. The molecule has 0 saturated heterocycles. The molecule has 4 nitrogen and oxygen atoms in total. The van der Waals surface area contributed by atoms with Crippen molar-refractivity contribution in [3.05, 3.63) is 58.2 Å². The first-order chi connectivity index (χ1) is 10.5. The second kappa shape index (κ2) is 5.37. The zero-order chi connectivity index (χ0) is 15.9. The lowest BCUT2D eigenvalue weighted by molar-refractivity contribution is 0.0924. The third kappa shape index (κ3) is 2.41. The Bertz CT molecular complexity index is 855. The van der Waals surface area contributed by atoms with Crippen molar-refractivity contribution in [1.82, 2.24) is 5.32 Å². The van der Waals surface area contributed by atoms with Gasteiger partial charge in [-0.3, -0.25) is 4.79 Å². The summed E-state index contributed by atoms with van der Waals surface area (Å²) in [5.41, 5.74) is 3.66. The van der Waals surface area contributed by atoms with Gasteiger partial charge in [0.05, 0.1) is 0 Å². The predicted molar refractivity (Wildman–Crippen MR) is 85.0 cm³/mol. The fraction of sp³-hybridized carbons (Fsp3) is 0.278. The van der Waals surface area contributed by atoms with Crippen LogP contribution in [-0.2, 0) is 6.54 Å². The second-order valence-electron chi connectivity index (χ2n) is 5.63. The first kappa shape index (κ1) is 14.4. The molecule has 0 fully saturated rings. The van der Waals surface area contributed by atoms with Crippen molar-refractivity contribution in [2.45, 2.75) is 34.2 Å². The van der Waals surface area contributed by atoms with Crippen LogP contribution in [0.2, 0.25) is 0 Å². The zero-order valence-corrected chi connectivity index (χ0v) is 13.2. The first-order valence-corrected chi connectivity index (χ1v) is 7.30. The molecule has 0 atom stereocenters. The van der Waals surface area contributed by atoms with Crippen LogP contribution >= 0.6 is 0 Å². The van der Waals surface area contributed by atoms with Crippen LogP contribution in [0.4, 0.5) is 0 Å². The lowest BCUT2D eigenvalue weighted by atomic mass is 10.1. The first-order valence-electron chi connectivity index (χ1n) is 7.30. The molecule has 0 bridgehead atoms. The summed E-state index contributed by atoms with van der Waals surface area (Å²) in [6.45, 7) is 8.10. The number of fused-ring (bicyclic) bond motifs is 1. The quantitative estimate of drug-likeness (QED) is 0.788. The van der Waals surface area contributed by atoms with Crippen molar-refractivity contribution in [1.29, 1.82) is 0 Å². The molecule has 4 heteroatoms. The van der Waals surface area contributed by atoms with E-state index in [1.54, 1.807) is 0 Å². The maximum Gasteiger partial charge on any atom is 0.287 e. The molecule has 1 amide bonds. The minimum Gasteiger partial charge on any atom is -0.466 e. The topological polar surface area (TPSA) is 55.4 Å². The lowest BCUT2D eigenvalue weighted by Crippen LogP contribution is -2.23. The summed E-state index contributed by atoms with van der Waals surface area (Å²) in [6.07, 6.45) is 0. The molecule has 2 heterocycles. The molecule has 0 radical (unpaired) electrons. The number of nitrogens with one attached hydrogen (secondary N) is 1. The van der Waals surface area contributed by atoms with Crippen LogP contribution in [0.3, 0.4) is 0 Å². The van der Waals surface area contributed by atoms with Gasteiger partial charge in [0.1, 0.15) is 17.1 Å². The number of aryl methyl sites for hydroxylation is 4. The lowest BCUT2D eigenvalue weighted by Gasteiger charge is -2.02. The van der Waals surface area contributed by atoms with E-state index in [1.807, 2.05) is 52.0 Å². The number of carbonyl (C=O) groups excluding carboxylic acids is 1. The van der Waals surface area contributed by atoms with E-state index in [2.05, 4.69) is 5.32 Å². The van der Waals surface area contributed by atoms with Crippen LogP contribution in [0.15, 0.2) is 33.1 Å². The summed E-state index contributed by atoms with van der Waals surface area (Å²) in [5, 5.41) is 3.88. The number of carbonyl (C=O) groups is 1. The monoisotopic (exact) mass is 297 g/mol. The number of furan rings is 2. The van der Waals surface area contributed by atoms with Crippen molar-refractivity contribution in [2.75, 3.05) is 0 Å². The highest BCUT2D eigenvalue weighted by molar-refractivity contribution is 5.99. The normalized spacial score (nSPS) is 11.1. The number of benzene rings is 1. The Hall–Kier alpha value is -2.49. The standard InChI is InChI=1S/C18H19NO3/c1-10-6-5-7-15-12(3)17(22-16(10)15)18(20)19-9-14-8-11(2)21-13(14)4/h5-8H,9H2,1-4H3,(H,19,20). The van der Waals surface area contributed by atoms with E-state index in [9.17, 15) is 4.79 Å². The fourth-order valence-corrected chi connectivity index (χ4v) is 2.72. The van der Waals surface area contributed by atoms with Gasteiger partial charge < -0.3 is 14.2 Å². The smallest absolute Gasteiger partial charge is 0.287 e. The van der Waals surface area contributed by atoms with Gasteiger partial charge in [0.2, 0.25) is 0 Å². The van der Waals surface area contributed by atoms with Gasteiger partial charge in [-0.1, -0.05) is 18.2 Å². The molecule has 3 rings (SSSR count). The van der Waals surface area contributed by atoms with Crippen LogP contribution in [0.1, 0.15) is 38.8 Å². The summed E-state index contributed by atoms with van der Waals surface area (Å²) in [7, 11) is 0. The van der Waals surface area contributed by atoms with E-state index >= 15 is 0 Å². The Kier molecular flexibility index (Phi) is 3.53. The molecule has 0 saturated carbocycles. The summed E-state index contributed by atoms with van der Waals surface area (Å²) >= 11 is 0. The number of para-hydroxylation sites is 1. The highest BCUT2D eigenvalue weighted by Crippen LogP contribution is 2.27. The van der Waals surface area contributed by atoms with Crippen molar-refractivity contribution >= 4 is 16.9 Å². The van der Waals surface area contributed by atoms with E-state index in [1.165, 1.54) is 0 Å². The average Bonchev–Trinajstić information content (AvgIpc) is 2.98. The SMILES string of the molecule is Cc1cc(CNC(=O)c2oc3c(C)cccc3c2C)c(C)o1. The molecule has 0 aliphatic rings. The summed E-state index contributed by atoms with van der Waals surface area (Å²) in [5.74, 6) is 1.85. The molecule has 3 aromatic rings. The highest BCUT2D eigenvalue weighted by Gasteiger charge is 2.18. The molecule has 114 valence electrons. The molecular formula is C18H19NO3. The van der Waals surface area contributed by atoms with Crippen LogP contribution in [0.5, 0.6) is 0 Å². The summed E-state index contributed by atoms with van der Waals surface area (Å²) < 4.78 is 11.2. The van der Waals surface area contributed by atoms with Crippen molar-refractivity contribution in [3.63, 3.8) is 0 Å². The molecule has 22 heavy (non-hydrogen) atoms. The Morgan fingerprint density at radius 3 is 2.55 bits per heavy atom. The molecule has 0 unspecified atom stereocenters. The van der Waals surface area contributed by atoms with Crippen LogP contribution in [0, 0.1) is 27.7 Å². The second-order valence-corrected chi connectivity index (χ2v) is 5.63. The highest BCUT2D eigenvalue weighted by atomic mass is 16.3. The largest absolute Gasteiger partial charge is 0.466 e. The van der Waals surface area contributed by atoms with Gasteiger partial charge in [-0.2, -0.15) is 0 Å². The van der Waals surface area contributed by atoms with Gasteiger partial charge in [-0.05, 0) is 39.3 Å². The Morgan fingerprint density at radius 1 is 1.14 bits per heavy atom. The number of hydrogen-bond donors (Lipinski definition) is 1. The third-order valence-corrected chi connectivity index (χ3v) is 3.95. The van der Waals surface area contributed by atoms with Crippen molar-refractivity contribution < 1.29 is 13.6 Å². The summed E-state index contributed by atoms with van der Waals surface area (Å²) in [6, 6.07) is 7.86. The van der Waals surface area contributed by atoms with Gasteiger partial charge in [-0.25, -0.2) is 0 Å². The minimum atomic E-state index is -0.202. The molecule has 2 aromatic heterocycles. The van der Waals surface area contributed by atoms with E-state index in [4.69, 9.17) is 8.83 Å². The third-order valence-electron chi connectivity index (χ3n) is 3.95. The fourth-order valence-electron chi connectivity index (χ4n) is 2.72. The molecule has 1 N–H and O–H groups in total. The molecule has 0 aliphatic carbocycles. The minimum absolute atomic E-state index is 0.202. The Balaban J connectivity index is 1.85. The molecule has 0 spiro atoms. The van der Waals surface area contributed by atoms with Crippen LogP contribution in [0.25, 0.3) is 11.0 Å². The number of hydrogen-bond acceptors (Lipinski definition) is 3. The Morgan fingerprint density at radius 2 is 1.91 bits per heavy atom. The van der Waals surface area contributed by atoms with Crippen LogP contribution < -0.4 is 5.32 Å². The summed E-state index contributed by atoms with van der Waals surface area (Å²) in [4.78, 5) is 12.4. The van der Waals surface area contributed by atoms with Crippen molar-refractivity contribution in [3.8, 4) is 0 Å². The maximum absolute atomic E-state index is 12.4. The predicted octanol–water partition coefficient (Wildman–Crippen LogP) is 4.19. The average molecular weight is 297 g/mol. The van der Waals surface area contributed by atoms with Crippen LogP contribution in [-0.4, -0.2) is 5.91 Å². The number of amides is 1. The molecule has 1 aromatic carbocycles. The van der Waals surface area contributed by atoms with E-state index in [0.29, 0.717) is 12.3 Å². The Labute approximate surface area is 129 Å². The van der Waals surface area contributed by atoms with E-state index < -0.39 is 0 Å². The van der Waals surface area contributed by atoms with Crippen molar-refractivity contribution in [2.24, 2.45) is 0 Å². The van der Waals surface area contributed by atoms with Gasteiger partial charge in [0, 0.05) is 23.1 Å². The van der Waals surface area contributed by atoms with Gasteiger partial charge in [0.15, 0.2) is 5.76 Å². The molecular weight excluding hydrogens is 278 g/mol. The zero-order valence-electron chi connectivity index (χ0n) is 13.2. The van der Waals surface area contributed by atoms with Gasteiger partial charge in [0.25, 0.3) is 5.91 Å². The van der Waals surface area contributed by atoms with Gasteiger partial charge in [-0.15, -0.1) is 0 Å².